The van der Waals surface area contributed by atoms with Gasteiger partial charge in [0.15, 0.2) is 10.2 Å². The number of pyridine rings is 1. The normalized spacial score (nSPS) is 19.7. The highest BCUT2D eigenvalue weighted by Crippen LogP contribution is 2.45. The second-order valence-corrected chi connectivity index (χ2v) is 11.0. The molecule has 2 aromatic rings. The second kappa shape index (κ2) is 10.8. The Hall–Kier alpha value is -3.28. The highest BCUT2D eigenvalue weighted by molar-refractivity contribution is 8.06. The Bertz CT molecular complexity index is 1280. The van der Waals surface area contributed by atoms with Gasteiger partial charge in [-0.3, -0.25) is 19.5 Å². The quantitative estimate of drug-likeness (QED) is 0.162. The predicted molar refractivity (Wildman–Crippen MR) is 138 cm³/mol. The number of nitrogens with zero attached hydrogens (tertiary/aromatic N) is 4. The Balaban J connectivity index is 1.49. The number of thiocarbonyl (C=S) groups is 1. The van der Waals surface area contributed by atoms with E-state index in [4.69, 9.17) is 23.7 Å². The monoisotopic (exact) mass is 566 g/mol. The number of carboxylic acids is 1. The maximum absolute atomic E-state index is 12.9. The van der Waals surface area contributed by atoms with E-state index < -0.39 is 35.2 Å². The van der Waals surface area contributed by atoms with E-state index in [-0.39, 0.29) is 27.4 Å². The van der Waals surface area contributed by atoms with Crippen molar-refractivity contribution in [2.75, 3.05) is 11.5 Å². The van der Waals surface area contributed by atoms with Crippen molar-refractivity contribution in [2.45, 2.75) is 28.9 Å². The van der Waals surface area contributed by atoms with Crippen molar-refractivity contribution in [3.8, 4) is 0 Å². The Morgan fingerprint density at radius 3 is 2.86 bits per heavy atom. The molecule has 4 rings (SSSR count). The number of carboxylic acid groups (broad SMARTS) is 1. The zero-order chi connectivity index (χ0) is 26.0. The minimum Gasteiger partial charge on any atom is -0.477 e. The molecule has 36 heavy (non-hydrogen) atoms. The highest BCUT2D eigenvalue weighted by atomic mass is 32.2. The first-order chi connectivity index (χ1) is 17.2. The van der Waals surface area contributed by atoms with Crippen molar-refractivity contribution in [1.29, 1.82) is 0 Å². The molecule has 0 aliphatic carbocycles. The largest absolute Gasteiger partial charge is 0.477 e. The summed E-state index contributed by atoms with van der Waals surface area (Å²) in [5.74, 6) is -2.40. The molecule has 0 saturated carbocycles. The van der Waals surface area contributed by atoms with Crippen molar-refractivity contribution in [2.24, 2.45) is 10.9 Å². The molecule has 13 nitrogen and oxygen atoms in total. The van der Waals surface area contributed by atoms with Gasteiger partial charge < -0.3 is 27.2 Å². The van der Waals surface area contributed by atoms with Gasteiger partial charge in [-0.05, 0) is 29.5 Å². The van der Waals surface area contributed by atoms with Crippen LogP contribution in [0.2, 0.25) is 0 Å². The molecule has 0 aromatic carbocycles. The van der Waals surface area contributed by atoms with Gasteiger partial charge in [-0.1, -0.05) is 11.8 Å². The number of thiazole rings is 1. The number of carbonyl (C=O) groups excluding carboxylic acids is 2. The lowest BCUT2D eigenvalue weighted by molar-refractivity contribution is -0.150. The van der Waals surface area contributed by atoms with Crippen LogP contribution in [-0.4, -0.2) is 60.0 Å². The minimum atomic E-state index is -1.47. The molecule has 1 unspecified atom stereocenters. The topological polar surface area (TPSA) is 206 Å². The van der Waals surface area contributed by atoms with Crippen LogP contribution in [-0.2, 0) is 20.9 Å². The number of anilines is 1. The molecule has 1 saturated heterocycles. The maximum Gasteiger partial charge on any atom is 0.353 e. The van der Waals surface area contributed by atoms with Crippen LogP contribution in [0.15, 0.2) is 44.4 Å². The first-order valence-electron chi connectivity index (χ1n) is 10.1. The number of fused-ring (bicyclic) bond motifs is 1. The summed E-state index contributed by atoms with van der Waals surface area (Å²) in [6.07, 6.45) is 1.58. The van der Waals surface area contributed by atoms with Crippen molar-refractivity contribution >= 4 is 75.1 Å². The van der Waals surface area contributed by atoms with Gasteiger partial charge in [0.05, 0.1) is 17.9 Å². The molecule has 2 amide bonds. The summed E-state index contributed by atoms with van der Waals surface area (Å²) in [7, 11) is 0. The number of nitroso groups, excluding NO2 is 1. The van der Waals surface area contributed by atoms with Gasteiger partial charge in [0, 0.05) is 27.1 Å². The molecule has 0 radical (unpaired) electrons. The summed E-state index contributed by atoms with van der Waals surface area (Å²) in [5, 5.41) is 19.1. The number of nitrogens with two attached hydrogens (primary N) is 2. The van der Waals surface area contributed by atoms with Gasteiger partial charge in [-0.15, -0.1) is 28.0 Å². The van der Waals surface area contributed by atoms with Crippen LogP contribution in [0.4, 0.5) is 5.13 Å². The Kier molecular flexibility index (Phi) is 7.72. The first kappa shape index (κ1) is 25.8. The lowest BCUT2D eigenvalue weighted by atomic mass is 10.0. The number of rotatable bonds is 9. The standard InChI is InChI=1S/C19H18N8O5S4/c20-18(33)23-4-7-3-8(1-2-22-7)36-10-6-34-16-12(15(29)27(16)13(10)17(30)31)25-14(28)11(26-32)9-5-35-19(21)24-9/h1-3,5,11-12,16H,4,6H2,(H2,21,24)(H,25,28)(H,30,31)(H3,20,23,33)/t11?,12-,16+/m1/s1. The fraction of sp³-hybridized carbons (Fsp3) is 0.263. The van der Waals surface area contributed by atoms with E-state index in [1.165, 1.54) is 28.9 Å². The molecular weight excluding hydrogens is 549 g/mol. The van der Waals surface area contributed by atoms with Crippen LogP contribution < -0.4 is 22.1 Å². The summed E-state index contributed by atoms with van der Waals surface area (Å²) >= 11 is 8.34. The van der Waals surface area contributed by atoms with E-state index in [1.54, 1.807) is 18.3 Å². The molecule has 7 N–H and O–H groups in total. The van der Waals surface area contributed by atoms with Gasteiger partial charge in [0.25, 0.3) is 11.8 Å². The Labute approximate surface area is 221 Å². The van der Waals surface area contributed by atoms with E-state index in [9.17, 15) is 24.4 Å². The molecule has 0 bridgehead atoms. The van der Waals surface area contributed by atoms with E-state index in [0.29, 0.717) is 17.1 Å². The number of nitrogens with one attached hydrogen (secondary N) is 2. The van der Waals surface area contributed by atoms with Gasteiger partial charge in [0.1, 0.15) is 17.1 Å². The number of β-lactam (4-membered cyclic amide) rings is 1. The summed E-state index contributed by atoms with van der Waals surface area (Å²) in [4.78, 5) is 59.4. The molecule has 0 spiro atoms. The number of thioether (sulfide) groups is 2. The molecule has 2 aromatic heterocycles. The van der Waals surface area contributed by atoms with Crippen molar-refractivity contribution < 1.29 is 19.5 Å². The predicted octanol–water partition coefficient (Wildman–Crippen LogP) is 0.749. The van der Waals surface area contributed by atoms with E-state index >= 15 is 0 Å². The van der Waals surface area contributed by atoms with Gasteiger partial charge >= 0.3 is 5.97 Å². The van der Waals surface area contributed by atoms with Crippen LogP contribution in [0.3, 0.4) is 0 Å². The number of hydrogen-bond acceptors (Lipinski definition) is 12. The van der Waals surface area contributed by atoms with E-state index in [0.717, 1.165) is 21.1 Å². The summed E-state index contributed by atoms with van der Waals surface area (Å²) in [5.41, 5.74) is 11.6. The van der Waals surface area contributed by atoms with E-state index in [1.807, 2.05) is 0 Å². The zero-order valence-corrected chi connectivity index (χ0v) is 21.4. The van der Waals surface area contributed by atoms with Crippen LogP contribution in [0.25, 0.3) is 0 Å². The number of carbonyl (C=O) groups is 3. The van der Waals surface area contributed by atoms with E-state index in [2.05, 4.69) is 25.8 Å². The van der Waals surface area contributed by atoms with Gasteiger partial charge in [-0.25, -0.2) is 9.78 Å². The molecule has 3 atom stereocenters. The summed E-state index contributed by atoms with van der Waals surface area (Å²) in [6.45, 7) is 0.307. The number of aliphatic carboxylic acids is 1. The van der Waals surface area contributed by atoms with Gasteiger partial charge in [0.2, 0.25) is 6.04 Å². The zero-order valence-electron chi connectivity index (χ0n) is 18.1. The van der Waals surface area contributed by atoms with Crippen molar-refractivity contribution in [3.05, 3.63) is 50.6 Å². The number of amides is 2. The lowest BCUT2D eigenvalue weighted by Gasteiger charge is -2.49. The number of nitrogen functional groups attached to an aromatic ring is 1. The first-order valence-corrected chi connectivity index (χ1v) is 13.3. The fourth-order valence-electron chi connectivity index (χ4n) is 3.50. The molecule has 1 fully saturated rings. The van der Waals surface area contributed by atoms with Crippen molar-refractivity contribution in [3.63, 3.8) is 0 Å². The number of aromatic nitrogens is 2. The average Bonchev–Trinajstić information content (AvgIpc) is 3.27. The summed E-state index contributed by atoms with van der Waals surface area (Å²) in [6, 6.07) is 0.996. The third kappa shape index (κ3) is 5.28. The van der Waals surface area contributed by atoms with Gasteiger partial charge in [-0.2, -0.15) is 0 Å². The SMILES string of the molecule is NC(=S)NCc1cc(SC2=C(C(=O)O)N3C(=O)[C@@H](NC(=O)C(N=O)c4csc(N)n4)[C@@H]3SC2)ccn1. The molecular formula is C19H18N8O5S4. The van der Waals surface area contributed by atoms with Crippen molar-refractivity contribution in [1.82, 2.24) is 25.5 Å². The molecule has 2 aliphatic heterocycles. The summed E-state index contributed by atoms with van der Waals surface area (Å²) < 4.78 is 0. The van der Waals surface area contributed by atoms with Crippen LogP contribution in [0, 0.1) is 4.91 Å². The smallest absolute Gasteiger partial charge is 0.353 e. The van der Waals surface area contributed by atoms with Crippen LogP contribution >= 0.6 is 47.1 Å². The minimum absolute atomic E-state index is 0.0786. The molecule has 4 heterocycles. The molecule has 17 heteroatoms. The third-order valence-corrected chi connectivity index (χ3v) is 8.45. The Morgan fingerprint density at radius 1 is 1.44 bits per heavy atom. The number of hydrogen-bond donors (Lipinski definition) is 5. The fourth-order valence-corrected chi connectivity index (χ4v) is 6.68. The Morgan fingerprint density at radius 2 is 2.22 bits per heavy atom. The van der Waals surface area contributed by atoms with Crippen LogP contribution in [0.1, 0.15) is 17.4 Å². The maximum atomic E-state index is 12.9. The lowest BCUT2D eigenvalue weighted by Crippen LogP contribution is -2.70. The highest BCUT2D eigenvalue weighted by Gasteiger charge is 2.54. The molecule has 2 aliphatic rings. The second-order valence-electron chi connectivity index (χ2n) is 7.39. The average molecular weight is 567 g/mol. The van der Waals surface area contributed by atoms with Crippen LogP contribution in [0.5, 0.6) is 0 Å². The third-order valence-electron chi connectivity index (χ3n) is 5.08. The molecule has 188 valence electrons.